The fourth-order valence-corrected chi connectivity index (χ4v) is 4.89. The van der Waals surface area contributed by atoms with E-state index in [-0.39, 0.29) is 39.2 Å². The van der Waals surface area contributed by atoms with Crippen LogP contribution in [-0.4, -0.2) is 37.1 Å². The van der Waals surface area contributed by atoms with Crippen LogP contribution in [0.3, 0.4) is 0 Å². The summed E-state index contributed by atoms with van der Waals surface area (Å²) in [5.74, 6) is -5.76. The molecule has 0 spiro atoms. The van der Waals surface area contributed by atoms with Crippen molar-refractivity contribution in [2.24, 2.45) is 0 Å². The molecule has 0 aliphatic carbocycles. The van der Waals surface area contributed by atoms with Gasteiger partial charge in [0.15, 0.2) is 28.8 Å². The highest BCUT2D eigenvalue weighted by molar-refractivity contribution is 6.32. The van der Waals surface area contributed by atoms with E-state index in [4.69, 9.17) is 9.47 Å². The quantitative estimate of drug-likeness (QED) is 0.164. The van der Waals surface area contributed by atoms with Crippen molar-refractivity contribution in [3.8, 4) is 17.2 Å². The molecule has 0 bridgehead atoms. The summed E-state index contributed by atoms with van der Waals surface area (Å²) in [5, 5.41) is 52.0. The van der Waals surface area contributed by atoms with E-state index in [1.54, 1.807) is 60.7 Å². The molecule has 0 saturated heterocycles. The maximum Gasteiger partial charge on any atom is 0.294 e. The third kappa shape index (κ3) is 4.62. The first-order valence-electron chi connectivity index (χ1n) is 12.8. The number of allylic oxidation sites excluding steroid dienone is 2. The second kappa shape index (κ2) is 10.3. The number of ether oxygens (including phenoxy) is 2. The molecule has 10 heteroatoms. The number of aliphatic hydroxyl groups is 2. The summed E-state index contributed by atoms with van der Waals surface area (Å²) in [6, 6.07) is 19.9. The highest BCUT2D eigenvalue weighted by atomic mass is 16.6. The molecular formula is C33H20O10. The Bertz CT molecular complexity index is 2050. The van der Waals surface area contributed by atoms with Gasteiger partial charge in [0, 0.05) is 0 Å². The summed E-state index contributed by atoms with van der Waals surface area (Å²) >= 11 is 0. The van der Waals surface area contributed by atoms with Crippen LogP contribution in [0.15, 0.2) is 107 Å². The zero-order valence-corrected chi connectivity index (χ0v) is 21.9. The Hall–Kier alpha value is -6.29. The number of Topliss-reactive ketones (excluding diaryl/α,β-unsaturated/α-hetero) is 2. The third-order valence-electron chi connectivity index (χ3n) is 6.88. The van der Waals surface area contributed by atoms with Crippen molar-refractivity contribution in [1.29, 1.82) is 0 Å². The molecule has 2 aliphatic rings. The molecule has 0 aromatic heterocycles. The average molecular weight is 577 g/mol. The number of aliphatic hydroxyl groups excluding tert-OH is 2. The molecule has 0 radical (unpaired) electrons. The van der Waals surface area contributed by atoms with Crippen LogP contribution in [0.5, 0.6) is 17.2 Å². The van der Waals surface area contributed by atoms with Crippen molar-refractivity contribution in [3.63, 3.8) is 0 Å². The second-order valence-electron chi connectivity index (χ2n) is 9.60. The maximum absolute atomic E-state index is 13.2. The topological polar surface area (TPSA) is 171 Å². The summed E-state index contributed by atoms with van der Waals surface area (Å²) in [6.07, 6.45) is 2.32. The number of phenols is 2. The molecule has 6 rings (SSSR count). The number of hydrogen-bond acceptors (Lipinski definition) is 10. The first kappa shape index (κ1) is 26.9. The summed E-state index contributed by atoms with van der Waals surface area (Å²) in [6.45, 7) is 0. The molecule has 0 saturated carbocycles. The molecule has 212 valence electrons. The van der Waals surface area contributed by atoms with E-state index in [2.05, 4.69) is 0 Å². The van der Waals surface area contributed by atoms with Gasteiger partial charge in [-0.05, 0) is 58.0 Å². The number of phenolic OH excluding ortho intramolecular Hbond substituents is 2. The van der Waals surface area contributed by atoms with E-state index < -0.39 is 51.5 Å². The van der Waals surface area contributed by atoms with Crippen molar-refractivity contribution in [1.82, 2.24) is 0 Å². The van der Waals surface area contributed by atoms with Gasteiger partial charge in [-0.15, -0.1) is 0 Å². The largest absolute Gasteiger partial charge is 0.504 e. The Balaban J connectivity index is 1.49. The monoisotopic (exact) mass is 576 g/mol. The van der Waals surface area contributed by atoms with E-state index in [1.165, 1.54) is 6.07 Å². The minimum absolute atomic E-state index is 0.00549. The van der Waals surface area contributed by atoms with Crippen LogP contribution < -0.4 is 5.43 Å². The van der Waals surface area contributed by atoms with Crippen molar-refractivity contribution < 1.29 is 44.6 Å². The second-order valence-corrected chi connectivity index (χ2v) is 9.60. The van der Waals surface area contributed by atoms with E-state index in [0.717, 1.165) is 24.3 Å². The number of ketones is 2. The van der Waals surface area contributed by atoms with Gasteiger partial charge in [-0.3, -0.25) is 14.4 Å². The van der Waals surface area contributed by atoms with Crippen LogP contribution in [0.25, 0.3) is 34.1 Å². The van der Waals surface area contributed by atoms with E-state index in [1.807, 2.05) is 0 Å². The lowest BCUT2D eigenvalue weighted by atomic mass is 9.99. The van der Waals surface area contributed by atoms with Crippen LogP contribution in [0.2, 0.25) is 0 Å². The van der Waals surface area contributed by atoms with Crippen molar-refractivity contribution in [2.75, 3.05) is 0 Å². The zero-order chi connectivity index (χ0) is 30.4. The normalized spacial score (nSPS) is 16.8. The van der Waals surface area contributed by atoms with Crippen LogP contribution in [0.4, 0.5) is 0 Å². The Morgan fingerprint density at radius 1 is 0.581 bits per heavy atom. The van der Waals surface area contributed by atoms with Crippen molar-refractivity contribution >= 4 is 45.6 Å². The predicted octanol–water partition coefficient (Wildman–Crippen LogP) is 5.05. The Kier molecular flexibility index (Phi) is 6.43. The summed E-state index contributed by atoms with van der Waals surface area (Å²) in [5.41, 5.74) is -0.352. The zero-order valence-electron chi connectivity index (χ0n) is 21.9. The molecule has 2 aliphatic heterocycles. The van der Waals surface area contributed by atoms with Gasteiger partial charge in [0.25, 0.3) is 11.9 Å². The number of aromatic hydroxyl groups is 3. The van der Waals surface area contributed by atoms with Gasteiger partial charge in [-0.25, -0.2) is 0 Å². The standard InChI is InChI=1S/C33H20O10/c34-21-12-16(13-23-30(38)25(32(40)42-23)17-7-3-1-4-8-17)11-20-19(14-22(35)29(37)27(20)28(21)36)15-24-31(39)26(33(41)43-24)18-9-5-2-6-10-18/h1-15,35,37,40-41H,(H,34,36)/b23-13-,24-15-. The van der Waals surface area contributed by atoms with Gasteiger partial charge < -0.3 is 35.0 Å². The fourth-order valence-electron chi connectivity index (χ4n) is 4.89. The van der Waals surface area contributed by atoms with Gasteiger partial charge in [0.1, 0.15) is 11.1 Å². The molecule has 0 atom stereocenters. The summed E-state index contributed by atoms with van der Waals surface area (Å²) in [7, 11) is 0. The minimum atomic E-state index is -0.980. The molecular weight excluding hydrogens is 556 g/mol. The van der Waals surface area contributed by atoms with Crippen molar-refractivity contribution in [3.05, 3.63) is 135 Å². The number of carbonyl (C=O) groups excluding carboxylic acids is 2. The number of fused-ring (bicyclic) bond motifs is 1. The van der Waals surface area contributed by atoms with Crippen LogP contribution in [0, 0.1) is 0 Å². The first-order valence-corrected chi connectivity index (χ1v) is 12.8. The Morgan fingerprint density at radius 2 is 1.09 bits per heavy atom. The van der Waals surface area contributed by atoms with Crippen LogP contribution in [-0.2, 0) is 19.1 Å². The molecule has 0 fully saturated rings. The van der Waals surface area contributed by atoms with Gasteiger partial charge in [0.05, 0.1) is 5.39 Å². The van der Waals surface area contributed by atoms with Gasteiger partial charge in [0.2, 0.25) is 17.0 Å². The number of benzene rings is 3. The lowest BCUT2D eigenvalue weighted by Crippen LogP contribution is -2.00. The van der Waals surface area contributed by atoms with Gasteiger partial charge >= 0.3 is 0 Å². The number of hydrogen-bond donors (Lipinski definition) is 5. The predicted molar refractivity (Wildman–Crippen MR) is 155 cm³/mol. The smallest absolute Gasteiger partial charge is 0.294 e. The van der Waals surface area contributed by atoms with Gasteiger partial charge in [-0.1, -0.05) is 60.7 Å². The fraction of sp³-hybridized carbons (Fsp3) is 0. The maximum atomic E-state index is 13.2. The Labute approximate surface area is 242 Å². The van der Waals surface area contributed by atoms with Crippen molar-refractivity contribution in [2.45, 2.75) is 0 Å². The van der Waals surface area contributed by atoms with E-state index in [0.29, 0.717) is 11.1 Å². The molecule has 0 unspecified atom stereocenters. The molecule has 4 aromatic carbocycles. The highest BCUT2D eigenvalue weighted by Crippen LogP contribution is 2.42. The molecule has 4 aromatic rings. The highest BCUT2D eigenvalue weighted by Gasteiger charge is 2.33. The molecule has 5 N–H and O–H groups in total. The summed E-state index contributed by atoms with van der Waals surface area (Å²) in [4.78, 5) is 39.2. The average Bonchev–Trinajstić information content (AvgIpc) is 3.38. The lowest BCUT2D eigenvalue weighted by molar-refractivity contribution is -0.112. The minimum Gasteiger partial charge on any atom is -0.504 e. The molecule has 2 heterocycles. The number of carbonyl (C=O) groups is 2. The third-order valence-corrected chi connectivity index (χ3v) is 6.88. The van der Waals surface area contributed by atoms with Crippen LogP contribution >= 0.6 is 0 Å². The van der Waals surface area contributed by atoms with E-state index in [9.17, 15) is 39.9 Å². The van der Waals surface area contributed by atoms with Crippen LogP contribution in [0.1, 0.15) is 22.3 Å². The van der Waals surface area contributed by atoms with Gasteiger partial charge in [-0.2, -0.15) is 0 Å². The van der Waals surface area contributed by atoms with E-state index >= 15 is 0 Å². The Morgan fingerprint density at radius 3 is 1.63 bits per heavy atom. The molecule has 10 nitrogen and oxygen atoms in total. The lowest BCUT2D eigenvalue weighted by Gasteiger charge is -2.07. The SMILES string of the molecule is O=C1C(c2ccccc2)=C(O)O/C1=C\c1cc(=O)c(O)c2c(O)c(O)cc(/C=C3\OC(O)=C(c4ccccc4)C3=O)c2c1. The first-order chi connectivity index (χ1) is 20.6. The number of rotatable bonds is 4. The summed E-state index contributed by atoms with van der Waals surface area (Å²) < 4.78 is 10.6. The molecule has 0 amide bonds. The molecule has 43 heavy (non-hydrogen) atoms.